The zero-order chi connectivity index (χ0) is 12.7. The van der Waals surface area contributed by atoms with E-state index in [1.165, 1.54) is 17.8 Å². The third kappa shape index (κ3) is 1.85. The van der Waals surface area contributed by atoms with Crippen molar-refractivity contribution in [3.8, 4) is 0 Å². The van der Waals surface area contributed by atoms with E-state index in [-0.39, 0.29) is 5.02 Å². The molecule has 0 bridgehead atoms. The van der Waals surface area contributed by atoms with E-state index in [1.54, 1.807) is 0 Å². The summed E-state index contributed by atoms with van der Waals surface area (Å²) in [6, 6.07) is 0. The zero-order valence-corrected chi connectivity index (χ0v) is 11.0. The van der Waals surface area contributed by atoms with Crippen LogP contribution in [0.3, 0.4) is 0 Å². The number of aromatic nitrogens is 3. The molecule has 90 valence electrons. The van der Waals surface area contributed by atoms with Gasteiger partial charge in [0.15, 0.2) is 5.65 Å². The first-order valence-electron chi connectivity index (χ1n) is 4.54. The molecule has 17 heavy (non-hydrogen) atoms. The van der Waals surface area contributed by atoms with E-state index >= 15 is 0 Å². The number of fused-ring (bicyclic) bond motifs is 1. The summed E-state index contributed by atoms with van der Waals surface area (Å²) < 4.78 is 2.85. The molecule has 0 aliphatic rings. The minimum Gasteiger partial charge on any atom is -0.480 e. The van der Waals surface area contributed by atoms with Crippen LogP contribution >= 0.6 is 27.5 Å². The van der Waals surface area contributed by atoms with Crippen LogP contribution in [0.1, 0.15) is 0 Å². The standard InChI is InChI=1S/C9H7BrClN3O3/c1-13-8-7(6(11)4(10)2-12-8)14(9(13)17)3-5(15)16/h2H,3H2,1H3,(H,15,16). The second-order valence-corrected chi connectivity index (χ2v) is 4.65. The normalized spacial score (nSPS) is 11.0. The molecule has 0 saturated heterocycles. The number of aliphatic carboxylic acids is 1. The number of rotatable bonds is 2. The Morgan fingerprint density at radius 3 is 2.88 bits per heavy atom. The van der Waals surface area contributed by atoms with Crippen LogP contribution in [0.15, 0.2) is 15.5 Å². The largest absolute Gasteiger partial charge is 0.480 e. The Morgan fingerprint density at radius 2 is 2.29 bits per heavy atom. The molecule has 0 amide bonds. The van der Waals surface area contributed by atoms with Crippen molar-refractivity contribution in [2.75, 3.05) is 0 Å². The molecular weight excluding hydrogens is 313 g/mol. The minimum absolute atomic E-state index is 0.272. The fraction of sp³-hybridized carbons (Fsp3) is 0.222. The molecule has 2 aromatic rings. The lowest BCUT2D eigenvalue weighted by Gasteiger charge is -2.01. The molecule has 2 heterocycles. The summed E-state index contributed by atoms with van der Waals surface area (Å²) in [6.45, 7) is -0.450. The number of carboxylic acid groups (broad SMARTS) is 1. The molecule has 0 aliphatic heterocycles. The van der Waals surface area contributed by atoms with E-state index in [0.29, 0.717) is 15.6 Å². The fourth-order valence-electron chi connectivity index (χ4n) is 1.58. The van der Waals surface area contributed by atoms with Crippen molar-refractivity contribution in [3.63, 3.8) is 0 Å². The van der Waals surface area contributed by atoms with Crippen LogP contribution in [-0.4, -0.2) is 25.2 Å². The highest BCUT2D eigenvalue weighted by Crippen LogP contribution is 2.28. The van der Waals surface area contributed by atoms with Crippen molar-refractivity contribution in [2.45, 2.75) is 6.54 Å². The third-order valence-electron chi connectivity index (χ3n) is 2.33. The Balaban J connectivity index is 2.90. The first kappa shape index (κ1) is 12.1. The summed E-state index contributed by atoms with van der Waals surface area (Å²) in [7, 11) is 1.51. The number of hydrogen-bond acceptors (Lipinski definition) is 3. The molecule has 0 saturated carbocycles. The molecule has 0 aliphatic carbocycles. The molecule has 0 atom stereocenters. The molecule has 1 N–H and O–H groups in total. The van der Waals surface area contributed by atoms with Gasteiger partial charge in [0.1, 0.15) is 12.1 Å². The Morgan fingerprint density at radius 1 is 1.65 bits per heavy atom. The van der Waals surface area contributed by atoms with Gasteiger partial charge in [-0.2, -0.15) is 0 Å². The monoisotopic (exact) mass is 319 g/mol. The predicted octanol–water partition coefficient (Wildman–Crippen LogP) is 1.24. The van der Waals surface area contributed by atoms with E-state index in [1.807, 2.05) is 0 Å². The van der Waals surface area contributed by atoms with E-state index in [9.17, 15) is 9.59 Å². The van der Waals surface area contributed by atoms with Crippen molar-refractivity contribution < 1.29 is 9.90 Å². The van der Waals surface area contributed by atoms with Gasteiger partial charge in [0.05, 0.1) is 9.50 Å². The van der Waals surface area contributed by atoms with Gasteiger partial charge in [-0.25, -0.2) is 9.78 Å². The Kier molecular flexibility index (Phi) is 2.96. The highest BCUT2D eigenvalue weighted by atomic mass is 79.9. The Labute approximate surface area is 109 Å². The molecule has 0 radical (unpaired) electrons. The molecule has 0 unspecified atom stereocenters. The topological polar surface area (TPSA) is 77.1 Å². The summed E-state index contributed by atoms with van der Waals surface area (Å²) in [5, 5.41) is 9.05. The fourth-order valence-corrected chi connectivity index (χ4v) is 2.11. The number of carbonyl (C=O) groups is 1. The molecule has 2 aromatic heterocycles. The van der Waals surface area contributed by atoms with E-state index in [2.05, 4.69) is 20.9 Å². The summed E-state index contributed by atoms with van der Waals surface area (Å²) in [6.07, 6.45) is 1.47. The maximum atomic E-state index is 11.8. The zero-order valence-electron chi connectivity index (χ0n) is 8.65. The average Bonchev–Trinajstić information content (AvgIpc) is 2.49. The number of halogens is 2. The number of hydrogen-bond donors (Lipinski definition) is 1. The van der Waals surface area contributed by atoms with Crippen LogP contribution in [0, 0.1) is 0 Å². The molecular formula is C9H7BrClN3O3. The van der Waals surface area contributed by atoms with Gasteiger partial charge in [0.2, 0.25) is 0 Å². The highest BCUT2D eigenvalue weighted by Gasteiger charge is 2.18. The average molecular weight is 321 g/mol. The van der Waals surface area contributed by atoms with Crippen LogP contribution in [0.5, 0.6) is 0 Å². The second-order valence-electron chi connectivity index (χ2n) is 3.41. The molecule has 2 rings (SSSR count). The van der Waals surface area contributed by atoms with Gasteiger partial charge in [-0.15, -0.1) is 0 Å². The van der Waals surface area contributed by atoms with E-state index in [0.717, 1.165) is 4.57 Å². The number of aryl methyl sites for hydroxylation is 1. The Hall–Kier alpha value is -1.34. The smallest absolute Gasteiger partial charge is 0.330 e. The summed E-state index contributed by atoms with van der Waals surface area (Å²) >= 11 is 9.23. The number of nitrogens with zero attached hydrogens (tertiary/aromatic N) is 3. The lowest BCUT2D eigenvalue weighted by atomic mass is 10.4. The van der Waals surface area contributed by atoms with Gasteiger partial charge >= 0.3 is 11.7 Å². The van der Waals surface area contributed by atoms with Gasteiger partial charge in [-0.05, 0) is 15.9 Å². The lowest BCUT2D eigenvalue weighted by Crippen LogP contribution is -2.25. The van der Waals surface area contributed by atoms with E-state index < -0.39 is 18.2 Å². The SMILES string of the molecule is Cn1c(=O)n(CC(=O)O)c2c(Cl)c(Br)cnc21. The molecule has 0 aromatic carbocycles. The summed E-state index contributed by atoms with van der Waals surface area (Å²) in [4.78, 5) is 26.6. The van der Waals surface area contributed by atoms with Gasteiger partial charge < -0.3 is 5.11 Å². The van der Waals surface area contributed by atoms with Crippen LogP contribution in [0.2, 0.25) is 5.02 Å². The number of carboxylic acids is 1. The molecule has 6 nitrogen and oxygen atoms in total. The van der Waals surface area contributed by atoms with Crippen molar-refractivity contribution in [1.82, 2.24) is 14.1 Å². The van der Waals surface area contributed by atoms with Gasteiger partial charge in [-0.3, -0.25) is 13.9 Å². The van der Waals surface area contributed by atoms with Crippen LogP contribution < -0.4 is 5.69 Å². The van der Waals surface area contributed by atoms with Crippen LogP contribution in [0.25, 0.3) is 11.2 Å². The third-order valence-corrected chi connectivity index (χ3v) is 3.54. The maximum absolute atomic E-state index is 11.8. The quantitative estimate of drug-likeness (QED) is 0.903. The summed E-state index contributed by atoms with van der Waals surface area (Å²) in [5.41, 5.74) is 0.204. The van der Waals surface area contributed by atoms with Gasteiger partial charge in [0, 0.05) is 13.2 Å². The van der Waals surface area contributed by atoms with Gasteiger partial charge in [0.25, 0.3) is 0 Å². The van der Waals surface area contributed by atoms with Crippen LogP contribution in [-0.2, 0) is 18.4 Å². The van der Waals surface area contributed by atoms with Gasteiger partial charge in [-0.1, -0.05) is 11.6 Å². The second kappa shape index (κ2) is 4.15. The number of pyridine rings is 1. The lowest BCUT2D eigenvalue weighted by molar-refractivity contribution is -0.137. The van der Waals surface area contributed by atoms with Crippen molar-refractivity contribution in [3.05, 3.63) is 26.2 Å². The van der Waals surface area contributed by atoms with Crippen molar-refractivity contribution >= 4 is 44.7 Å². The Bertz CT molecular complexity index is 676. The van der Waals surface area contributed by atoms with E-state index in [4.69, 9.17) is 16.7 Å². The maximum Gasteiger partial charge on any atom is 0.330 e. The molecule has 8 heteroatoms. The summed E-state index contributed by atoms with van der Waals surface area (Å²) in [5.74, 6) is -1.12. The number of imidazole rings is 1. The first-order valence-corrected chi connectivity index (χ1v) is 5.71. The first-order chi connectivity index (χ1) is 7.93. The van der Waals surface area contributed by atoms with Crippen molar-refractivity contribution in [2.24, 2.45) is 7.05 Å². The van der Waals surface area contributed by atoms with Crippen LogP contribution in [0.4, 0.5) is 0 Å². The predicted molar refractivity (Wildman–Crippen MR) is 65.3 cm³/mol. The minimum atomic E-state index is -1.12. The highest BCUT2D eigenvalue weighted by molar-refractivity contribution is 9.10. The molecule has 0 fully saturated rings. The van der Waals surface area contributed by atoms with Crippen molar-refractivity contribution in [1.29, 1.82) is 0 Å². The molecule has 0 spiro atoms.